The summed E-state index contributed by atoms with van der Waals surface area (Å²) < 4.78 is 0. The highest BCUT2D eigenvalue weighted by atomic mass is 14.9. The van der Waals surface area contributed by atoms with Gasteiger partial charge < -0.3 is 5.32 Å². The summed E-state index contributed by atoms with van der Waals surface area (Å²) in [5.74, 6) is 0. The fourth-order valence-electron chi connectivity index (χ4n) is 2.07. The SMILES string of the molecule is CCc1cccc2c1NCC2(C)C. The van der Waals surface area contributed by atoms with Gasteiger partial charge in [0.15, 0.2) is 0 Å². The number of nitrogens with one attached hydrogen (secondary N) is 1. The van der Waals surface area contributed by atoms with Crippen molar-refractivity contribution in [3.8, 4) is 0 Å². The zero-order valence-electron chi connectivity index (χ0n) is 8.65. The van der Waals surface area contributed by atoms with Crippen LogP contribution in [0.4, 0.5) is 5.69 Å². The van der Waals surface area contributed by atoms with Crippen molar-refractivity contribution in [2.45, 2.75) is 32.6 Å². The smallest absolute Gasteiger partial charge is 0.0411 e. The van der Waals surface area contributed by atoms with Crippen molar-refractivity contribution in [3.63, 3.8) is 0 Å². The van der Waals surface area contributed by atoms with Crippen LogP contribution >= 0.6 is 0 Å². The first kappa shape index (κ1) is 8.61. The maximum atomic E-state index is 3.51. The Labute approximate surface area is 80.2 Å². The first-order valence-corrected chi connectivity index (χ1v) is 5.01. The highest BCUT2D eigenvalue weighted by molar-refractivity contribution is 5.64. The Balaban J connectivity index is 2.56. The molecule has 13 heavy (non-hydrogen) atoms. The molecule has 0 unspecified atom stereocenters. The maximum absolute atomic E-state index is 3.51. The third-order valence-electron chi connectivity index (χ3n) is 2.97. The monoisotopic (exact) mass is 175 g/mol. The van der Waals surface area contributed by atoms with Gasteiger partial charge >= 0.3 is 0 Å². The Hall–Kier alpha value is -0.980. The molecule has 1 aliphatic rings. The molecule has 1 heteroatoms. The Kier molecular flexibility index (Phi) is 1.83. The van der Waals surface area contributed by atoms with Crippen LogP contribution in [-0.4, -0.2) is 6.54 Å². The zero-order valence-corrected chi connectivity index (χ0v) is 8.65. The molecule has 0 spiro atoms. The van der Waals surface area contributed by atoms with Gasteiger partial charge in [-0.15, -0.1) is 0 Å². The molecule has 0 fully saturated rings. The fraction of sp³-hybridized carbons (Fsp3) is 0.500. The van der Waals surface area contributed by atoms with Crippen LogP contribution in [0, 0.1) is 0 Å². The molecule has 1 heterocycles. The number of para-hydroxylation sites is 1. The number of benzene rings is 1. The van der Waals surface area contributed by atoms with Gasteiger partial charge in [0.25, 0.3) is 0 Å². The third kappa shape index (κ3) is 1.23. The molecule has 0 radical (unpaired) electrons. The lowest BCUT2D eigenvalue weighted by Crippen LogP contribution is -2.18. The van der Waals surface area contributed by atoms with Gasteiger partial charge in [0.05, 0.1) is 0 Å². The van der Waals surface area contributed by atoms with Crippen molar-refractivity contribution in [2.75, 3.05) is 11.9 Å². The second-order valence-corrected chi connectivity index (χ2v) is 4.43. The van der Waals surface area contributed by atoms with E-state index in [0.29, 0.717) is 5.41 Å². The quantitative estimate of drug-likeness (QED) is 0.692. The molecule has 70 valence electrons. The van der Waals surface area contributed by atoms with Crippen LogP contribution in [0.15, 0.2) is 18.2 Å². The molecular weight excluding hydrogens is 158 g/mol. The largest absolute Gasteiger partial charge is 0.384 e. The summed E-state index contributed by atoms with van der Waals surface area (Å²) in [5, 5.41) is 3.51. The van der Waals surface area contributed by atoms with E-state index in [1.807, 2.05) is 0 Å². The third-order valence-corrected chi connectivity index (χ3v) is 2.97. The zero-order chi connectivity index (χ0) is 9.47. The molecule has 2 rings (SSSR count). The number of hydrogen-bond acceptors (Lipinski definition) is 1. The minimum absolute atomic E-state index is 0.306. The molecule has 0 saturated heterocycles. The van der Waals surface area contributed by atoms with Crippen LogP contribution < -0.4 is 5.32 Å². The molecule has 1 N–H and O–H groups in total. The van der Waals surface area contributed by atoms with Gasteiger partial charge in [-0.3, -0.25) is 0 Å². The lowest BCUT2D eigenvalue weighted by atomic mass is 9.86. The van der Waals surface area contributed by atoms with Gasteiger partial charge in [0.2, 0.25) is 0 Å². The first-order chi connectivity index (χ1) is 6.15. The van der Waals surface area contributed by atoms with Crippen LogP contribution in [0.5, 0.6) is 0 Å². The minimum Gasteiger partial charge on any atom is -0.384 e. The number of rotatable bonds is 1. The van der Waals surface area contributed by atoms with Crippen molar-refractivity contribution in [1.29, 1.82) is 0 Å². The molecule has 1 aromatic carbocycles. The van der Waals surface area contributed by atoms with Crippen LogP contribution in [0.25, 0.3) is 0 Å². The second-order valence-electron chi connectivity index (χ2n) is 4.43. The average molecular weight is 175 g/mol. The number of fused-ring (bicyclic) bond motifs is 1. The van der Waals surface area contributed by atoms with Crippen molar-refractivity contribution in [2.24, 2.45) is 0 Å². The van der Waals surface area contributed by atoms with E-state index in [1.54, 1.807) is 0 Å². The molecule has 0 aliphatic carbocycles. The number of aryl methyl sites for hydroxylation is 1. The predicted octanol–water partition coefficient (Wildman–Crippen LogP) is 2.95. The van der Waals surface area contributed by atoms with Crippen molar-refractivity contribution in [3.05, 3.63) is 29.3 Å². The van der Waals surface area contributed by atoms with E-state index in [2.05, 4.69) is 44.3 Å². The maximum Gasteiger partial charge on any atom is 0.0411 e. The Morgan fingerprint density at radius 2 is 2.15 bits per heavy atom. The number of hydrogen-bond donors (Lipinski definition) is 1. The number of anilines is 1. The average Bonchev–Trinajstić information content (AvgIpc) is 2.43. The second kappa shape index (κ2) is 2.76. The van der Waals surface area contributed by atoms with Crippen LogP contribution in [0.2, 0.25) is 0 Å². The first-order valence-electron chi connectivity index (χ1n) is 5.01. The topological polar surface area (TPSA) is 12.0 Å². The molecule has 0 amide bonds. The molecule has 1 aromatic rings. The van der Waals surface area contributed by atoms with Crippen molar-refractivity contribution >= 4 is 5.69 Å². The van der Waals surface area contributed by atoms with E-state index in [-0.39, 0.29) is 0 Å². The molecule has 1 nitrogen and oxygen atoms in total. The fourth-order valence-corrected chi connectivity index (χ4v) is 2.07. The van der Waals surface area contributed by atoms with Gasteiger partial charge in [0, 0.05) is 17.6 Å². The minimum atomic E-state index is 0.306. The summed E-state index contributed by atoms with van der Waals surface area (Å²) in [6.07, 6.45) is 1.12. The van der Waals surface area contributed by atoms with E-state index in [4.69, 9.17) is 0 Å². The molecule has 0 aromatic heterocycles. The molecule has 0 saturated carbocycles. The molecule has 1 aliphatic heterocycles. The molecular formula is C12H17N. The van der Waals surface area contributed by atoms with Crippen LogP contribution in [0.3, 0.4) is 0 Å². The summed E-state index contributed by atoms with van der Waals surface area (Å²) in [6, 6.07) is 6.63. The van der Waals surface area contributed by atoms with Crippen LogP contribution in [0.1, 0.15) is 31.9 Å². The standard InChI is InChI=1S/C12H17N/c1-4-9-6-5-7-10-11(9)13-8-12(10,2)3/h5-7,13H,4,8H2,1-3H3. The predicted molar refractivity (Wildman–Crippen MR) is 57.3 cm³/mol. The van der Waals surface area contributed by atoms with E-state index in [1.165, 1.54) is 16.8 Å². The van der Waals surface area contributed by atoms with Gasteiger partial charge in [-0.25, -0.2) is 0 Å². The van der Waals surface area contributed by atoms with Gasteiger partial charge in [-0.1, -0.05) is 39.0 Å². The molecule has 0 bridgehead atoms. The molecule has 0 atom stereocenters. The van der Waals surface area contributed by atoms with E-state index < -0.39 is 0 Å². The normalized spacial score (nSPS) is 18.1. The van der Waals surface area contributed by atoms with Gasteiger partial charge in [0.1, 0.15) is 0 Å². The van der Waals surface area contributed by atoms with Crippen molar-refractivity contribution < 1.29 is 0 Å². The van der Waals surface area contributed by atoms with Gasteiger partial charge in [-0.2, -0.15) is 0 Å². The highest BCUT2D eigenvalue weighted by Gasteiger charge is 2.30. The lowest BCUT2D eigenvalue weighted by molar-refractivity contribution is 0.586. The van der Waals surface area contributed by atoms with Crippen LogP contribution in [-0.2, 0) is 11.8 Å². The lowest BCUT2D eigenvalue weighted by Gasteiger charge is -2.17. The summed E-state index contributed by atoms with van der Waals surface area (Å²) >= 11 is 0. The van der Waals surface area contributed by atoms with Gasteiger partial charge in [-0.05, 0) is 17.5 Å². The summed E-state index contributed by atoms with van der Waals surface area (Å²) in [7, 11) is 0. The Bertz CT molecular complexity index is 326. The highest BCUT2D eigenvalue weighted by Crippen LogP contribution is 2.38. The summed E-state index contributed by atoms with van der Waals surface area (Å²) in [6.45, 7) is 7.87. The summed E-state index contributed by atoms with van der Waals surface area (Å²) in [4.78, 5) is 0. The van der Waals surface area contributed by atoms with E-state index in [0.717, 1.165) is 13.0 Å². The van der Waals surface area contributed by atoms with E-state index >= 15 is 0 Å². The van der Waals surface area contributed by atoms with Crippen molar-refractivity contribution in [1.82, 2.24) is 0 Å². The Morgan fingerprint density at radius 3 is 2.85 bits per heavy atom. The van der Waals surface area contributed by atoms with E-state index in [9.17, 15) is 0 Å². The summed E-state index contributed by atoms with van der Waals surface area (Å²) in [5.41, 5.74) is 4.62. The Morgan fingerprint density at radius 1 is 1.38 bits per heavy atom.